The SMILES string of the molecule is CCO[Si](CCCN(C(=O)[O-])C(C)(C)C)(OCC)OCC. The highest BCUT2D eigenvalue weighted by molar-refractivity contribution is 6.60. The molecule has 0 saturated carbocycles. The van der Waals surface area contributed by atoms with Crippen LogP contribution < -0.4 is 5.11 Å². The lowest BCUT2D eigenvalue weighted by molar-refractivity contribution is -0.270. The van der Waals surface area contributed by atoms with Gasteiger partial charge in [0.15, 0.2) is 0 Å². The Morgan fingerprint density at radius 1 is 1.05 bits per heavy atom. The second kappa shape index (κ2) is 9.40. The quantitative estimate of drug-likeness (QED) is 0.575. The first-order valence-electron chi connectivity index (χ1n) is 7.62. The standard InChI is InChI=1S/C14H31NO5Si/c1-7-18-21(19-8-2,20-9-3)12-10-11-15(13(16)17)14(4,5)6/h7-12H2,1-6H3,(H,16,17)/p-1. The Balaban J connectivity index is 4.69. The number of rotatable bonds is 10. The highest BCUT2D eigenvalue weighted by atomic mass is 28.4. The van der Waals surface area contributed by atoms with Gasteiger partial charge in [-0.05, 0) is 48.0 Å². The molecule has 7 heteroatoms. The number of carbonyl (C=O) groups is 1. The summed E-state index contributed by atoms with van der Waals surface area (Å²) in [6.45, 7) is 13.2. The number of carboxylic acid groups (broad SMARTS) is 1. The van der Waals surface area contributed by atoms with Crippen molar-refractivity contribution in [2.45, 2.75) is 59.5 Å². The zero-order valence-electron chi connectivity index (χ0n) is 14.2. The summed E-state index contributed by atoms with van der Waals surface area (Å²) >= 11 is 0. The second-order valence-electron chi connectivity index (χ2n) is 5.67. The Labute approximate surface area is 129 Å². The largest absolute Gasteiger partial charge is 0.530 e. The van der Waals surface area contributed by atoms with E-state index in [0.717, 1.165) is 0 Å². The van der Waals surface area contributed by atoms with Crippen molar-refractivity contribution in [3.05, 3.63) is 0 Å². The molecule has 0 unspecified atom stereocenters. The maximum absolute atomic E-state index is 11.2. The van der Waals surface area contributed by atoms with Crippen LogP contribution >= 0.6 is 0 Å². The predicted octanol–water partition coefficient (Wildman–Crippen LogP) is 1.87. The van der Waals surface area contributed by atoms with Gasteiger partial charge in [0.05, 0.1) is 0 Å². The van der Waals surface area contributed by atoms with E-state index in [1.54, 1.807) is 0 Å². The molecule has 0 saturated heterocycles. The first kappa shape index (κ1) is 20.4. The summed E-state index contributed by atoms with van der Waals surface area (Å²) in [4.78, 5) is 12.5. The molecule has 0 spiro atoms. The summed E-state index contributed by atoms with van der Waals surface area (Å²) in [6, 6.07) is 0.600. The van der Waals surface area contributed by atoms with Gasteiger partial charge in [0.25, 0.3) is 0 Å². The molecular weight excluding hydrogens is 290 g/mol. The van der Waals surface area contributed by atoms with Gasteiger partial charge in [-0.3, -0.25) is 0 Å². The topological polar surface area (TPSA) is 71.1 Å². The highest BCUT2D eigenvalue weighted by Gasteiger charge is 2.40. The fourth-order valence-corrected chi connectivity index (χ4v) is 4.75. The average Bonchev–Trinajstić information content (AvgIpc) is 2.33. The summed E-state index contributed by atoms with van der Waals surface area (Å²) in [5.74, 6) is 0. The van der Waals surface area contributed by atoms with E-state index < -0.39 is 20.4 Å². The van der Waals surface area contributed by atoms with Crippen LogP contribution in [0.2, 0.25) is 6.04 Å². The van der Waals surface area contributed by atoms with E-state index in [1.165, 1.54) is 4.90 Å². The normalized spacial score (nSPS) is 12.5. The third-order valence-electron chi connectivity index (χ3n) is 2.99. The molecule has 21 heavy (non-hydrogen) atoms. The molecule has 0 heterocycles. The maximum atomic E-state index is 11.2. The fourth-order valence-electron chi connectivity index (χ4n) is 2.16. The third-order valence-corrected chi connectivity index (χ3v) is 6.14. The van der Waals surface area contributed by atoms with Gasteiger partial charge in [-0.1, -0.05) is 0 Å². The van der Waals surface area contributed by atoms with E-state index in [9.17, 15) is 9.90 Å². The second-order valence-corrected chi connectivity index (χ2v) is 8.41. The van der Waals surface area contributed by atoms with Gasteiger partial charge in [0.1, 0.15) is 6.09 Å². The van der Waals surface area contributed by atoms with Crippen molar-refractivity contribution in [1.82, 2.24) is 4.90 Å². The Bertz CT molecular complexity index is 289. The molecule has 0 rings (SSSR count). The van der Waals surface area contributed by atoms with Crippen LogP contribution in [0.25, 0.3) is 0 Å². The van der Waals surface area contributed by atoms with Gasteiger partial charge in [0.2, 0.25) is 0 Å². The van der Waals surface area contributed by atoms with Gasteiger partial charge < -0.3 is 28.1 Å². The van der Waals surface area contributed by atoms with E-state index in [4.69, 9.17) is 13.3 Å². The van der Waals surface area contributed by atoms with Crippen LogP contribution in [0, 0.1) is 0 Å². The minimum absolute atomic E-state index is 0.383. The van der Waals surface area contributed by atoms with Crippen molar-refractivity contribution in [1.29, 1.82) is 0 Å². The molecule has 0 aromatic carbocycles. The minimum Gasteiger partial charge on any atom is -0.530 e. The number of hydrogen-bond acceptors (Lipinski definition) is 5. The van der Waals surface area contributed by atoms with Crippen LogP contribution in [0.4, 0.5) is 4.79 Å². The fraction of sp³-hybridized carbons (Fsp3) is 0.929. The Morgan fingerprint density at radius 3 is 1.76 bits per heavy atom. The van der Waals surface area contributed by atoms with Crippen LogP contribution in [0.15, 0.2) is 0 Å². The smallest absolute Gasteiger partial charge is 0.500 e. The molecule has 0 aliphatic rings. The molecule has 0 fully saturated rings. The number of amides is 1. The van der Waals surface area contributed by atoms with Gasteiger partial charge in [-0.25, -0.2) is 0 Å². The number of hydrogen-bond donors (Lipinski definition) is 0. The third kappa shape index (κ3) is 7.26. The van der Waals surface area contributed by atoms with Crippen molar-refractivity contribution in [2.75, 3.05) is 26.4 Å². The molecule has 0 aliphatic heterocycles. The van der Waals surface area contributed by atoms with Crippen LogP contribution in [0.5, 0.6) is 0 Å². The average molecular weight is 320 g/mol. The number of nitrogens with zero attached hydrogens (tertiary/aromatic N) is 1. The Hall–Kier alpha value is -0.633. The van der Waals surface area contributed by atoms with Crippen LogP contribution in [-0.4, -0.2) is 51.7 Å². The molecule has 0 bridgehead atoms. The van der Waals surface area contributed by atoms with Crippen LogP contribution in [0.3, 0.4) is 0 Å². The summed E-state index contributed by atoms with van der Waals surface area (Å²) in [5.41, 5.74) is -0.480. The van der Waals surface area contributed by atoms with E-state index in [-0.39, 0.29) is 0 Å². The lowest BCUT2D eigenvalue weighted by Crippen LogP contribution is -2.52. The predicted molar refractivity (Wildman–Crippen MR) is 81.9 cm³/mol. The zero-order valence-corrected chi connectivity index (χ0v) is 15.2. The van der Waals surface area contributed by atoms with E-state index in [0.29, 0.717) is 38.8 Å². The molecular formula is C14H30NO5Si-. The van der Waals surface area contributed by atoms with E-state index in [2.05, 4.69) is 0 Å². The Kier molecular flexibility index (Phi) is 9.11. The molecule has 0 aromatic heterocycles. The number of carbonyl (C=O) groups excluding carboxylic acids is 1. The van der Waals surface area contributed by atoms with Crippen LogP contribution in [0.1, 0.15) is 48.0 Å². The first-order valence-corrected chi connectivity index (χ1v) is 9.56. The van der Waals surface area contributed by atoms with Gasteiger partial charge in [0, 0.05) is 37.9 Å². The zero-order chi connectivity index (χ0) is 16.5. The molecule has 1 amide bonds. The van der Waals surface area contributed by atoms with Gasteiger partial charge in [-0.2, -0.15) is 0 Å². The summed E-state index contributed by atoms with van der Waals surface area (Å²) < 4.78 is 17.3. The first-order chi connectivity index (χ1) is 9.72. The van der Waals surface area contributed by atoms with Crippen molar-refractivity contribution < 1.29 is 23.2 Å². The molecule has 0 N–H and O–H groups in total. The van der Waals surface area contributed by atoms with E-state index >= 15 is 0 Å². The van der Waals surface area contributed by atoms with Crippen molar-refractivity contribution >= 4 is 14.9 Å². The molecule has 0 radical (unpaired) electrons. The molecule has 126 valence electrons. The van der Waals surface area contributed by atoms with Crippen molar-refractivity contribution in [2.24, 2.45) is 0 Å². The molecule has 0 aromatic rings. The highest BCUT2D eigenvalue weighted by Crippen LogP contribution is 2.20. The van der Waals surface area contributed by atoms with Crippen molar-refractivity contribution in [3.63, 3.8) is 0 Å². The van der Waals surface area contributed by atoms with Gasteiger partial charge in [-0.15, -0.1) is 0 Å². The molecule has 0 aliphatic carbocycles. The Morgan fingerprint density at radius 2 is 1.48 bits per heavy atom. The maximum Gasteiger partial charge on any atom is 0.500 e. The molecule has 6 nitrogen and oxygen atoms in total. The lowest BCUT2D eigenvalue weighted by atomic mass is 10.1. The summed E-state index contributed by atoms with van der Waals surface area (Å²) in [6.07, 6.45) is -0.531. The minimum atomic E-state index is -2.70. The monoisotopic (exact) mass is 320 g/mol. The van der Waals surface area contributed by atoms with Crippen molar-refractivity contribution in [3.8, 4) is 0 Å². The van der Waals surface area contributed by atoms with Gasteiger partial charge >= 0.3 is 8.80 Å². The molecule has 0 atom stereocenters. The van der Waals surface area contributed by atoms with E-state index in [1.807, 2.05) is 41.5 Å². The van der Waals surface area contributed by atoms with Crippen LogP contribution in [-0.2, 0) is 13.3 Å². The lowest BCUT2D eigenvalue weighted by Gasteiger charge is -2.38. The summed E-state index contributed by atoms with van der Waals surface area (Å²) in [5, 5.41) is 11.2. The summed E-state index contributed by atoms with van der Waals surface area (Å²) in [7, 11) is -2.70.